The molecule has 1 atom stereocenters. The molecular formula is C19H26N2O4S. The highest BCUT2D eigenvalue weighted by Crippen LogP contribution is 2.35. The van der Waals surface area contributed by atoms with Crippen LogP contribution in [-0.4, -0.2) is 31.9 Å². The van der Waals surface area contributed by atoms with E-state index in [1.165, 1.54) is 0 Å². The minimum absolute atomic E-state index is 0.365. The van der Waals surface area contributed by atoms with Crippen LogP contribution in [0, 0.1) is 0 Å². The average molecular weight is 378 g/mol. The van der Waals surface area contributed by atoms with Gasteiger partial charge in [-0.1, -0.05) is 19.8 Å². The van der Waals surface area contributed by atoms with Crippen molar-refractivity contribution in [3.63, 3.8) is 0 Å². The summed E-state index contributed by atoms with van der Waals surface area (Å²) >= 11 is 5.28. The van der Waals surface area contributed by atoms with Crippen molar-refractivity contribution in [1.29, 1.82) is 0 Å². The second-order valence-corrected chi connectivity index (χ2v) is 6.43. The number of rotatable bonds is 8. The first-order chi connectivity index (χ1) is 12.5. The number of thiocarbonyl (C=S) groups is 1. The van der Waals surface area contributed by atoms with Crippen LogP contribution in [0.2, 0.25) is 0 Å². The van der Waals surface area contributed by atoms with Crippen LogP contribution in [0.25, 0.3) is 0 Å². The Morgan fingerprint density at radius 1 is 1.23 bits per heavy atom. The molecule has 6 nitrogen and oxygen atoms in total. The van der Waals surface area contributed by atoms with E-state index in [9.17, 15) is 4.79 Å². The number of methoxy groups -OCH3 is 2. The van der Waals surface area contributed by atoms with Crippen molar-refractivity contribution in [2.24, 2.45) is 0 Å². The molecule has 0 bridgehead atoms. The fraction of sp³-hybridized carbons (Fsp3) is 0.474. The van der Waals surface area contributed by atoms with Crippen LogP contribution in [-0.2, 0) is 9.53 Å². The number of unbranched alkanes of at least 4 members (excludes halogenated alkanes) is 2. The first-order valence-electron chi connectivity index (χ1n) is 8.69. The third-order valence-corrected chi connectivity index (χ3v) is 4.44. The van der Waals surface area contributed by atoms with Crippen LogP contribution in [0.5, 0.6) is 11.5 Å². The minimum Gasteiger partial charge on any atom is -0.497 e. The number of benzene rings is 1. The Morgan fingerprint density at radius 3 is 2.65 bits per heavy atom. The van der Waals surface area contributed by atoms with E-state index in [1.807, 2.05) is 13.0 Å². The van der Waals surface area contributed by atoms with Crippen LogP contribution in [0.4, 0.5) is 0 Å². The van der Waals surface area contributed by atoms with E-state index in [0.29, 0.717) is 34.5 Å². The maximum absolute atomic E-state index is 12.7. The Kier molecular flexibility index (Phi) is 7.26. The lowest BCUT2D eigenvalue weighted by Gasteiger charge is -2.30. The Bertz CT molecular complexity index is 703. The minimum atomic E-state index is -0.479. The summed E-state index contributed by atoms with van der Waals surface area (Å²) in [6.45, 7) is 4.32. The number of hydrogen-bond donors (Lipinski definition) is 2. The molecule has 1 aliphatic rings. The molecular weight excluding hydrogens is 352 g/mol. The van der Waals surface area contributed by atoms with Gasteiger partial charge >= 0.3 is 5.97 Å². The number of carbonyl (C=O) groups is 1. The Morgan fingerprint density at radius 2 is 2.00 bits per heavy atom. The summed E-state index contributed by atoms with van der Waals surface area (Å²) in [5.41, 5.74) is 1.92. The summed E-state index contributed by atoms with van der Waals surface area (Å²) in [7, 11) is 3.18. The number of hydrogen-bond acceptors (Lipinski definition) is 5. The molecule has 0 aromatic heterocycles. The molecule has 1 aromatic rings. The normalized spacial score (nSPS) is 16.6. The molecule has 0 amide bonds. The van der Waals surface area contributed by atoms with Gasteiger partial charge in [-0.25, -0.2) is 4.79 Å². The maximum atomic E-state index is 12.7. The number of ether oxygens (including phenoxy) is 3. The van der Waals surface area contributed by atoms with E-state index < -0.39 is 6.04 Å². The van der Waals surface area contributed by atoms with Crippen LogP contribution < -0.4 is 20.1 Å². The van der Waals surface area contributed by atoms with Gasteiger partial charge in [0, 0.05) is 11.3 Å². The van der Waals surface area contributed by atoms with Gasteiger partial charge in [0.25, 0.3) is 0 Å². The number of esters is 1. The smallest absolute Gasteiger partial charge is 0.338 e. The van der Waals surface area contributed by atoms with Crippen LogP contribution >= 0.6 is 12.2 Å². The van der Waals surface area contributed by atoms with Crippen molar-refractivity contribution in [2.45, 2.75) is 39.2 Å². The molecule has 1 aromatic carbocycles. The predicted molar refractivity (Wildman–Crippen MR) is 104 cm³/mol. The van der Waals surface area contributed by atoms with Crippen LogP contribution in [0.15, 0.2) is 29.5 Å². The van der Waals surface area contributed by atoms with E-state index in [-0.39, 0.29) is 5.97 Å². The zero-order valence-corrected chi connectivity index (χ0v) is 16.5. The van der Waals surface area contributed by atoms with Crippen molar-refractivity contribution in [3.8, 4) is 11.5 Å². The lowest BCUT2D eigenvalue weighted by atomic mass is 9.94. The Hall–Kier alpha value is -2.28. The first kappa shape index (κ1) is 20.0. The molecule has 0 radical (unpaired) electrons. The van der Waals surface area contributed by atoms with Gasteiger partial charge in [0.05, 0.1) is 32.4 Å². The molecule has 1 aliphatic heterocycles. The summed E-state index contributed by atoms with van der Waals surface area (Å²) in [5, 5.41) is 6.60. The Balaban J connectivity index is 2.36. The van der Waals surface area contributed by atoms with Crippen molar-refractivity contribution in [2.75, 3.05) is 20.8 Å². The van der Waals surface area contributed by atoms with Gasteiger partial charge in [-0.3, -0.25) is 0 Å². The lowest BCUT2D eigenvalue weighted by Crippen LogP contribution is -2.45. The molecule has 0 saturated heterocycles. The van der Waals surface area contributed by atoms with E-state index in [1.54, 1.807) is 26.4 Å². The molecule has 1 heterocycles. The second kappa shape index (κ2) is 9.43. The van der Waals surface area contributed by atoms with Gasteiger partial charge in [-0.05, 0) is 43.8 Å². The summed E-state index contributed by atoms with van der Waals surface area (Å²) in [6, 6.07) is 4.97. The molecule has 1 unspecified atom stereocenters. The molecule has 0 saturated carbocycles. The highest BCUT2D eigenvalue weighted by atomic mass is 32.1. The zero-order valence-electron chi connectivity index (χ0n) is 15.7. The molecule has 0 spiro atoms. The van der Waals surface area contributed by atoms with Crippen molar-refractivity contribution >= 4 is 23.3 Å². The Labute approximate surface area is 159 Å². The van der Waals surface area contributed by atoms with Crippen molar-refractivity contribution in [1.82, 2.24) is 10.6 Å². The summed E-state index contributed by atoms with van der Waals surface area (Å²) in [5.74, 6) is 0.938. The monoisotopic (exact) mass is 378 g/mol. The van der Waals surface area contributed by atoms with Gasteiger partial charge in [0.2, 0.25) is 0 Å². The standard InChI is InChI=1S/C19H26N2O4S/c1-5-6-7-10-25-18(22)16-12(2)20-19(26)21-17(16)14-11-13(23-3)8-9-15(14)24-4/h8-9,11,17H,5-7,10H2,1-4H3,(H2,20,21,26). The van der Waals surface area contributed by atoms with Gasteiger partial charge in [-0.2, -0.15) is 0 Å². The largest absolute Gasteiger partial charge is 0.497 e. The summed E-state index contributed by atoms with van der Waals surface area (Å²) < 4.78 is 16.3. The third-order valence-electron chi connectivity index (χ3n) is 4.22. The summed E-state index contributed by atoms with van der Waals surface area (Å²) in [6.07, 6.45) is 2.94. The molecule has 2 N–H and O–H groups in total. The fourth-order valence-electron chi connectivity index (χ4n) is 2.86. The van der Waals surface area contributed by atoms with E-state index in [4.69, 9.17) is 26.4 Å². The molecule has 0 fully saturated rings. The number of nitrogens with one attached hydrogen (secondary N) is 2. The second-order valence-electron chi connectivity index (χ2n) is 6.02. The van der Waals surface area contributed by atoms with Gasteiger partial charge in [0.15, 0.2) is 5.11 Å². The quantitative estimate of drug-likeness (QED) is 0.409. The summed E-state index contributed by atoms with van der Waals surface area (Å²) in [4.78, 5) is 12.7. The lowest BCUT2D eigenvalue weighted by molar-refractivity contribution is -0.139. The topological polar surface area (TPSA) is 68.8 Å². The number of allylic oxidation sites excluding steroid dienone is 1. The van der Waals surface area contributed by atoms with Crippen LogP contribution in [0.3, 0.4) is 0 Å². The molecule has 142 valence electrons. The van der Waals surface area contributed by atoms with Crippen LogP contribution in [0.1, 0.15) is 44.7 Å². The zero-order chi connectivity index (χ0) is 19.1. The predicted octanol–water partition coefficient (Wildman–Crippen LogP) is 3.23. The molecule has 26 heavy (non-hydrogen) atoms. The number of carbonyl (C=O) groups excluding carboxylic acids is 1. The molecule has 2 rings (SSSR count). The first-order valence-corrected chi connectivity index (χ1v) is 9.10. The van der Waals surface area contributed by atoms with Gasteiger partial charge in [-0.15, -0.1) is 0 Å². The molecule has 0 aliphatic carbocycles. The SMILES string of the molecule is CCCCCOC(=O)C1=C(C)NC(=S)NC1c1cc(OC)ccc1OC. The molecule has 7 heteroatoms. The fourth-order valence-corrected chi connectivity index (χ4v) is 3.13. The van der Waals surface area contributed by atoms with E-state index in [2.05, 4.69) is 17.6 Å². The van der Waals surface area contributed by atoms with Gasteiger partial charge in [0.1, 0.15) is 11.5 Å². The average Bonchev–Trinajstić information content (AvgIpc) is 2.63. The highest BCUT2D eigenvalue weighted by molar-refractivity contribution is 7.80. The van der Waals surface area contributed by atoms with Crippen molar-refractivity contribution < 1.29 is 19.0 Å². The van der Waals surface area contributed by atoms with Crippen molar-refractivity contribution in [3.05, 3.63) is 35.0 Å². The van der Waals surface area contributed by atoms with E-state index >= 15 is 0 Å². The van der Waals surface area contributed by atoms with Gasteiger partial charge < -0.3 is 24.8 Å². The maximum Gasteiger partial charge on any atom is 0.338 e. The third kappa shape index (κ3) is 4.66. The van der Waals surface area contributed by atoms with E-state index in [0.717, 1.165) is 24.8 Å². The highest BCUT2D eigenvalue weighted by Gasteiger charge is 2.33.